The van der Waals surface area contributed by atoms with Crippen LogP contribution in [0.1, 0.15) is 30.7 Å². The van der Waals surface area contributed by atoms with Crippen LogP contribution in [-0.2, 0) is 17.9 Å². The van der Waals surface area contributed by atoms with E-state index >= 15 is 0 Å². The van der Waals surface area contributed by atoms with Crippen molar-refractivity contribution in [1.29, 1.82) is 0 Å². The van der Waals surface area contributed by atoms with Crippen LogP contribution in [-0.4, -0.2) is 37.5 Å². The molecule has 0 aliphatic heterocycles. The summed E-state index contributed by atoms with van der Waals surface area (Å²) in [5.41, 5.74) is 4.07. The summed E-state index contributed by atoms with van der Waals surface area (Å²) in [6.07, 6.45) is 0. The lowest BCUT2D eigenvalue weighted by molar-refractivity contribution is -0.116. The molecule has 0 aliphatic carbocycles. The normalized spacial score (nSPS) is 11.2. The van der Waals surface area contributed by atoms with Gasteiger partial charge in [0.25, 0.3) is 5.56 Å². The highest BCUT2D eigenvalue weighted by Crippen LogP contribution is 2.23. The zero-order valence-corrected chi connectivity index (χ0v) is 21.1. The highest BCUT2D eigenvalue weighted by molar-refractivity contribution is 7.99. The molecule has 182 valence electrons. The van der Waals surface area contributed by atoms with Crippen molar-refractivity contribution in [1.82, 2.24) is 19.3 Å². The van der Waals surface area contributed by atoms with E-state index in [1.54, 1.807) is 26.3 Å². The molecule has 35 heavy (non-hydrogen) atoms. The summed E-state index contributed by atoms with van der Waals surface area (Å²) in [6.45, 7) is 8.93. The van der Waals surface area contributed by atoms with E-state index in [0.717, 1.165) is 16.8 Å². The van der Waals surface area contributed by atoms with Crippen molar-refractivity contribution < 1.29 is 9.18 Å². The Bertz CT molecular complexity index is 1430. The molecule has 0 N–H and O–H groups in total. The fourth-order valence-electron chi connectivity index (χ4n) is 4.04. The van der Waals surface area contributed by atoms with E-state index in [2.05, 4.69) is 5.10 Å². The molecular formula is C26H28FN5O2S. The third-order valence-corrected chi connectivity index (χ3v) is 6.75. The maximum absolute atomic E-state index is 13.6. The van der Waals surface area contributed by atoms with Gasteiger partial charge in [0.05, 0.1) is 18.0 Å². The molecule has 0 fully saturated rings. The average molecular weight is 494 g/mol. The molecule has 0 saturated heterocycles. The van der Waals surface area contributed by atoms with Crippen LogP contribution in [0.15, 0.2) is 58.5 Å². The number of carbonyl (C=O) groups is 1. The van der Waals surface area contributed by atoms with Gasteiger partial charge in [0.1, 0.15) is 11.3 Å². The second-order valence-electron chi connectivity index (χ2n) is 8.28. The Morgan fingerprint density at radius 1 is 1.11 bits per heavy atom. The van der Waals surface area contributed by atoms with E-state index < -0.39 is 0 Å². The standard InChI is InChI=1S/C26H28FN5O2S/c1-5-30(21-9-7-8-17(3)14-21)22(33)16-35-26-28-23-18(4)29-32(6-2)24(23)25(34)31(26)15-19-10-12-20(27)13-11-19/h7-14H,5-6,15-16H2,1-4H3. The van der Waals surface area contributed by atoms with E-state index in [-0.39, 0.29) is 29.6 Å². The maximum Gasteiger partial charge on any atom is 0.280 e. The highest BCUT2D eigenvalue weighted by atomic mass is 32.2. The number of rotatable bonds is 8. The minimum atomic E-state index is -0.342. The summed E-state index contributed by atoms with van der Waals surface area (Å²) in [4.78, 5) is 33.2. The number of aryl methyl sites for hydroxylation is 3. The molecule has 7 nitrogen and oxygen atoms in total. The number of aromatic nitrogens is 4. The van der Waals surface area contributed by atoms with Crippen LogP contribution in [0, 0.1) is 19.7 Å². The molecule has 0 unspecified atom stereocenters. The second kappa shape index (κ2) is 10.4. The van der Waals surface area contributed by atoms with Gasteiger partial charge in [-0.15, -0.1) is 0 Å². The number of amides is 1. The Hall–Kier alpha value is -3.46. The van der Waals surface area contributed by atoms with E-state index in [1.807, 2.05) is 52.0 Å². The van der Waals surface area contributed by atoms with Crippen LogP contribution < -0.4 is 10.5 Å². The van der Waals surface area contributed by atoms with Crippen molar-refractivity contribution in [2.24, 2.45) is 0 Å². The molecule has 4 rings (SSSR count). The Balaban J connectivity index is 1.71. The number of benzene rings is 2. The molecule has 0 bridgehead atoms. The van der Waals surface area contributed by atoms with Gasteiger partial charge in [0.2, 0.25) is 5.91 Å². The maximum atomic E-state index is 13.6. The van der Waals surface area contributed by atoms with Crippen LogP contribution in [0.25, 0.3) is 11.0 Å². The quantitative estimate of drug-likeness (QED) is 0.266. The van der Waals surface area contributed by atoms with Gasteiger partial charge in [-0.1, -0.05) is 36.0 Å². The van der Waals surface area contributed by atoms with E-state index in [1.165, 1.54) is 23.9 Å². The number of hydrogen-bond donors (Lipinski definition) is 0. The first-order valence-corrected chi connectivity index (χ1v) is 12.5. The summed E-state index contributed by atoms with van der Waals surface area (Å²) in [7, 11) is 0. The number of anilines is 1. The first kappa shape index (κ1) is 24.7. The number of nitrogens with zero attached hydrogens (tertiary/aromatic N) is 5. The summed E-state index contributed by atoms with van der Waals surface area (Å²) >= 11 is 1.22. The molecular weight excluding hydrogens is 465 g/mol. The van der Waals surface area contributed by atoms with Crippen LogP contribution in [0.4, 0.5) is 10.1 Å². The fraction of sp³-hybridized carbons (Fsp3) is 0.308. The summed E-state index contributed by atoms with van der Waals surface area (Å²) in [5.74, 6) is -0.304. The van der Waals surface area contributed by atoms with Crippen LogP contribution >= 0.6 is 11.8 Å². The lowest BCUT2D eigenvalue weighted by Crippen LogP contribution is -2.32. The van der Waals surface area contributed by atoms with Gasteiger partial charge in [-0.05, 0) is 63.1 Å². The van der Waals surface area contributed by atoms with Gasteiger partial charge >= 0.3 is 0 Å². The molecule has 0 radical (unpaired) electrons. The third-order valence-electron chi connectivity index (χ3n) is 5.79. The van der Waals surface area contributed by atoms with Crippen molar-refractivity contribution >= 4 is 34.4 Å². The third kappa shape index (κ3) is 5.14. The molecule has 9 heteroatoms. The van der Waals surface area contributed by atoms with Crippen molar-refractivity contribution in [3.05, 3.63) is 81.5 Å². The van der Waals surface area contributed by atoms with Crippen LogP contribution in [0.5, 0.6) is 0 Å². The molecule has 0 saturated carbocycles. The van der Waals surface area contributed by atoms with Crippen LogP contribution in [0.3, 0.4) is 0 Å². The topological polar surface area (TPSA) is 73.0 Å². The van der Waals surface area contributed by atoms with Gasteiger partial charge in [0, 0.05) is 18.8 Å². The largest absolute Gasteiger partial charge is 0.312 e. The van der Waals surface area contributed by atoms with Crippen LogP contribution in [0.2, 0.25) is 0 Å². The Morgan fingerprint density at radius 3 is 2.51 bits per heavy atom. The van der Waals surface area contributed by atoms with E-state index in [9.17, 15) is 14.0 Å². The Kier molecular flexibility index (Phi) is 7.35. The minimum Gasteiger partial charge on any atom is -0.312 e. The van der Waals surface area contributed by atoms with Crippen molar-refractivity contribution in [2.75, 3.05) is 17.2 Å². The van der Waals surface area contributed by atoms with E-state index in [0.29, 0.717) is 35.0 Å². The molecule has 2 heterocycles. The van der Waals surface area contributed by atoms with Crippen molar-refractivity contribution in [3.8, 4) is 0 Å². The van der Waals surface area contributed by atoms with E-state index in [4.69, 9.17) is 4.98 Å². The number of hydrogen-bond acceptors (Lipinski definition) is 5. The van der Waals surface area contributed by atoms with Gasteiger partial charge in [-0.2, -0.15) is 5.10 Å². The smallest absolute Gasteiger partial charge is 0.280 e. The first-order valence-electron chi connectivity index (χ1n) is 11.5. The van der Waals surface area contributed by atoms with Crippen molar-refractivity contribution in [3.63, 3.8) is 0 Å². The summed E-state index contributed by atoms with van der Waals surface area (Å²) in [6, 6.07) is 13.8. The SMILES string of the molecule is CCN(C(=O)CSc1nc2c(C)nn(CC)c2c(=O)n1Cc1ccc(F)cc1)c1cccc(C)c1. The lowest BCUT2D eigenvalue weighted by atomic mass is 10.2. The van der Waals surface area contributed by atoms with Gasteiger partial charge < -0.3 is 4.90 Å². The minimum absolute atomic E-state index is 0.0771. The molecule has 0 aliphatic rings. The Labute approximate surface area is 207 Å². The molecule has 2 aromatic heterocycles. The molecule has 1 amide bonds. The van der Waals surface area contributed by atoms with Crippen molar-refractivity contribution in [2.45, 2.75) is 45.9 Å². The average Bonchev–Trinajstić information content (AvgIpc) is 3.17. The predicted octanol–water partition coefficient (Wildman–Crippen LogP) is 4.56. The monoisotopic (exact) mass is 493 g/mol. The first-order chi connectivity index (χ1) is 16.8. The van der Waals surface area contributed by atoms with Gasteiger partial charge in [-0.3, -0.25) is 18.8 Å². The number of fused-ring (bicyclic) bond motifs is 1. The second-order valence-corrected chi connectivity index (χ2v) is 9.22. The Morgan fingerprint density at radius 2 is 1.86 bits per heavy atom. The predicted molar refractivity (Wildman–Crippen MR) is 138 cm³/mol. The zero-order valence-electron chi connectivity index (χ0n) is 20.3. The van der Waals surface area contributed by atoms with Gasteiger partial charge in [-0.25, -0.2) is 9.37 Å². The summed E-state index contributed by atoms with van der Waals surface area (Å²) in [5, 5.41) is 4.89. The number of thioether (sulfide) groups is 1. The lowest BCUT2D eigenvalue weighted by Gasteiger charge is -2.21. The fourth-order valence-corrected chi connectivity index (χ4v) is 4.91. The zero-order chi connectivity index (χ0) is 25.1. The molecule has 0 spiro atoms. The number of carbonyl (C=O) groups excluding carboxylic acids is 1. The molecule has 4 aromatic rings. The molecule has 0 atom stereocenters. The highest BCUT2D eigenvalue weighted by Gasteiger charge is 2.21. The van der Waals surface area contributed by atoms with Gasteiger partial charge in [0.15, 0.2) is 10.7 Å². The summed E-state index contributed by atoms with van der Waals surface area (Å²) < 4.78 is 16.6. The molecule has 2 aromatic carbocycles. The number of halogens is 1.